The Morgan fingerprint density at radius 2 is 1.09 bits per heavy atom. The van der Waals surface area contributed by atoms with Crippen LogP contribution in [0, 0.1) is 0 Å². The summed E-state index contributed by atoms with van der Waals surface area (Å²) in [6.45, 7) is 9.00. The van der Waals surface area contributed by atoms with Gasteiger partial charge in [0.15, 0.2) is 0 Å². The summed E-state index contributed by atoms with van der Waals surface area (Å²) in [6.07, 6.45) is 19.4. The van der Waals surface area contributed by atoms with Crippen molar-refractivity contribution in [1.29, 1.82) is 0 Å². The average Bonchev–Trinajstić information content (AvgIpc) is 3.25. The summed E-state index contributed by atoms with van der Waals surface area (Å²) in [4.78, 5) is 10.1. The molecule has 0 saturated heterocycles. The van der Waals surface area contributed by atoms with Gasteiger partial charge in [0.25, 0.3) is 0 Å². The second-order valence-corrected chi connectivity index (χ2v) is 9.58. The van der Waals surface area contributed by atoms with Crippen LogP contribution in [0.25, 0.3) is 11.4 Å². The summed E-state index contributed by atoms with van der Waals surface area (Å²) < 4.78 is 12.5. The first-order chi connectivity index (χ1) is 16.8. The van der Waals surface area contributed by atoms with Gasteiger partial charge in [-0.05, 0) is 100 Å². The van der Waals surface area contributed by atoms with E-state index in [1.807, 2.05) is 12.2 Å². The molecule has 0 aliphatic heterocycles. The van der Waals surface area contributed by atoms with Crippen LogP contribution in [-0.2, 0) is 25.7 Å². The van der Waals surface area contributed by atoms with E-state index in [0.29, 0.717) is 13.2 Å². The number of allylic oxidation sites excluding steroid dienone is 2. The fraction of sp³-hybridized carbons (Fsp3) is 0.533. The van der Waals surface area contributed by atoms with Gasteiger partial charge in [0.05, 0.1) is 24.6 Å². The van der Waals surface area contributed by atoms with Gasteiger partial charge in [-0.15, -0.1) is 13.2 Å². The van der Waals surface area contributed by atoms with E-state index in [9.17, 15) is 0 Å². The predicted octanol–water partition coefficient (Wildman–Crippen LogP) is 7.37. The van der Waals surface area contributed by atoms with Crippen LogP contribution in [0.15, 0.2) is 37.4 Å². The van der Waals surface area contributed by atoms with Gasteiger partial charge >= 0.3 is 0 Å². The molecule has 0 spiro atoms. The highest BCUT2D eigenvalue weighted by atomic mass is 16.5. The minimum atomic E-state index is 0.671. The van der Waals surface area contributed by atoms with Gasteiger partial charge in [-0.25, -0.2) is 9.97 Å². The van der Waals surface area contributed by atoms with E-state index >= 15 is 0 Å². The SMILES string of the molecule is C=CCCCOc1nc(-c2cc3c(c(OCCCC=C)n2)CCCCC3)cc2c1CCCCC2. The summed E-state index contributed by atoms with van der Waals surface area (Å²) in [5, 5.41) is 0. The fourth-order valence-corrected chi connectivity index (χ4v) is 5.06. The Balaban J connectivity index is 1.70. The molecule has 0 bridgehead atoms. The van der Waals surface area contributed by atoms with Crippen LogP contribution < -0.4 is 9.47 Å². The number of rotatable bonds is 11. The second-order valence-electron chi connectivity index (χ2n) is 9.58. The molecule has 0 aromatic carbocycles. The highest BCUT2D eigenvalue weighted by Crippen LogP contribution is 2.35. The molecule has 0 atom stereocenters. The number of aryl methyl sites for hydroxylation is 2. The van der Waals surface area contributed by atoms with Crippen LogP contribution in [0.1, 0.15) is 86.5 Å². The van der Waals surface area contributed by atoms with E-state index in [4.69, 9.17) is 19.4 Å². The first-order valence-corrected chi connectivity index (χ1v) is 13.3. The Bertz CT molecular complexity index is 903. The Morgan fingerprint density at radius 1 is 0.647 bits per heavy atom. The molecule has 4 rings (SSSR count). The van der Waals surface area contributed by atoms with Gasteiger partial charge in [0, 0.05) is 11.1 Å². The van der Waals surface area contributed by atoms with Gasteiger partial charge in [0.1, 0.15) is 0 Å². The molecule has 182 valence electrons. The van der Waals surface area contributed by atoms with Crippen LogP contribution in [0.3, 0.4) is 0 Å². The number of hydrogen-bond acceptors (Lipinski definition) is 4. The van der Waals surface area contributed by atoms with Crippen LogP contribution in [-0.4, -0.2) is 23.2 Å². The molecule has 2 aliphatic carbocycles. The Labute approximate surface area is 205 Å². The zero-order valence-corrected chi connectivity index (χ0v) is 20.7. The zero-order valence-electron chi connectivity index (χ0n) is 20.7. The van der Waals surface area contributed by atoms with E-state index in [1.165, 1.54) is 60.8 Å². The smallest absolute Gasteiger partial charge is 0.217 e. The molecule has 2 aliphatic rings. The zero-order chi connectivity index (χ0) is 23.6. The lowest BCUT2D eigenvalue weighted by atomic mass is 10.00. The average molecular weight is 461 g/mol. The molecule has 2 heterocycles. The highest BCUT2D eigenvalue weighted by Gasteiger charge is 2.21. The van der Waals surface area contributed by atoms with E-state index in [2.05, 4.69) is 25.3 Å². The predicted molar refractivity (Wildman–Crippen MR) is 140 cm³/mol. The number of unbranched alkanes of at least 4 members (excludes halogenated alkanes) is 2. The molecule has 0 N–H and O–H groups in total. The first kappa shape index (κ1) is 24.5. The summed E-state index contributed by atoms with van der Waals surface area (Å²) in [7, 11) is 0. The van der Waals surface area contributed by atoms with Gasteiger partial charge < -0.3 is 9.47 Å². The number of hydrogen-bond donors (Lipinski definition) is 0. The topological polar surface area (TPSA) is 44.2 Å². The van der Waals surface area contributed by atoms with Gasteiger partial charge in [-0.3, -0.25) is 0 Å². The Kier molecular flexibility index (Phi) is 9.18. The lowest BCUT2D eigenvalue weighted by molar-refractivity contribution is 0.295. The maximum absolute atomic E-state index is 6.25. The number of fused-ring (bicyclic) bond motifs is 2. The maximum atomic E-state index is 6.25. The Hall–Kier alpha value is -2.62. The summed E-state index contributed by atoms with van der Waals surface area (Å²) in [5.74, 6) is 1.62. The van der Waals surface area contributed by atoms with Crippen LogP contribution in [0.4, 0.5) is 0 Å². The van der Waals surface area contributed by atoms with Gasteiger partial charge in [-0.1, -0.05) is 25.0 Å². The standard InChI is InChI=1S/C30H40N2O2/c1-3-5-13-19-33-29-25-17-11-7-9-15-23(25)21-27(31-29)28-22-24-16-10-8-12-18-26(24)30(32-28)34-20-14-6-4-2/h3-4,21-22H,1-2,5-20H2. The molecule has 2 aromatic heterocycles. The molecular weight excluding hydrogens is 420 g/mol. The van der Waals surface area contributed by atoms with E-state index in [1.54, 1.807) is 0 Å². The largest absolute Gasteiger partial charge is 0.477 e. The van der Waals surface area contributed by atoms with Gasteiger partial charge in [-0.2, -0.15) is 0 Å². The van der Waals surface area contributed by atoms with E-state index in [0.717, 1.165) is 74.5 Å². The molecule has 0 fully saturated rings. The fourth-order valence-electron chi connectivity index (χ4n) is 5.06. The molecule has 4 heteroatoms. The summed E-state index contributed by atoms with van der Waals surface area (Å²) in [6, 6.07) is 4.54. The van der Waals surface area contributed by atoms with Gasteiger partial charge in [0.2, 0.25) is 11.8 Å². The van der Waals surface area contributed by atoms with Crippen molar-refractivity contribution in [1.82, 2.24) is 9.97 Å². The number of pyridine rings is 2. The van der Waals surface area contributed by atoms with E-state index < -0.39 is 0 Å². The van der Waals surface area contributed by atoms with Crippen LogP contribution in [0.2, 0.25) is 0 Å². The molecule has 0 radical (unpaired) electrons. The van der Waals surface area contributed by atoms with Crippen molar-refractivity contribution in [2.75, 3.05) is 13.2 Å². The van der Waals surface area contributed by atoms with E-state index in [-0.39, 0.29) is 0 Å². The summed E-state index contributed by atoms with van der Waals surface area (Å²) in [5.41, 5.74) is 7.20. The Morgan fingerprint density at radius 3 is 1.53 bits per heavy atom. The molecule has 4 nitrogen and oxygen atoms in total. The molecule has 0 saturated carbocycles. The third kappa shape index (κ3) is 6.28. The quantitative estimate of drug-likeness (QED) is 0.199. The van der Waals surface area contributed by atoms with Crippen molar-refractivity contribution in [3.8, 4) is 23.1 Å². The van der Waals surface area contributed by atoms with Crippen molar-refractivity contribution in [3.05, 3.63) is 59.7 Å². The minimum absolute atomic E-state index is 0.671. The normalized spacial score (nSPS) is 15.4. The molecule has 0 unspecified atom stereocenters. The highest BCUT2D eigenvalue weighted by molar-refractivity contribution is 5.61. The van der Waals surface area contributed by atoms with Crippen molar-refractivity contribution < 1.29 is 9.47 Å². The molecule has 34 heavy (non-hydrogen) atoms. The third-order valence-corrected chi connectivity index (χ3v) is 6.95. The molecule has 2 aromatic rings. The molecular formula is C30H40N2O2. The van der Waals surface area contributed by atoms with Crippen molar-refractivity contribution in [2.45, 2.75) is 89.9 Å². The number of aromatic nitrogens is 2. The maximum Gasteiger partial charge on any atom is 0.217 e. The minimum Gasteiger partial charge on any atom is -0.477 e. The van der Waals surface area contributed by atoms with Crippen LogP contribution in [0.5, 0.6) is 11.8 Å². The number of nitrogens with zero attached hydrogens (tertiary/aromatic N) is 2. The molecule has 0 amide bonds. The lowest BCUT2D eigenvalue weighted by Crippen LogP contribution is -2.08. The second kappa shape index (κ2) is 12.7. The lowest BCUT2D eigenvalue weighted by Gasteiger charge is -2.17. The van der Waals surface area contributed by atoms with Crippen molar-refractivity contribution in [3.63, 3.8) is 0 Å². The van der Waals surface area contributed by atoms with Crippen molar-refractivity contribution in [2.24, 2.45) is 0 Å². The first-order valence-electron chi connectivity index (χ1n) is 13.3. The summed E-state index contributed by atoms with van der Waals surface area (Å²) >= 11 is 0. The van der Waals surface area contributed by atoms with Crippen LogP contribution >= 0.6 is 0 Å². The monoisotopic (exact) mass is 460 g/mol. The third-order valence-electron chi connectivity index (χ3n) is 6.95. The number of ether oxygens (including phenoxy) is 2. The van der Waals surface area contributed by atoms with Crippen molar-refractivity contribution >= 4 is 0 Å².